The molecule has 8 heteroatoms. The van der Waals surface area contributed by atoms with Crippen LogP contribution in [0.25, 0.3) is 0 Å². The van der Waals surface area contributed by atoms with Crippen molar-refractivity contribution in [3.05, 3.63) is 21.8 Å². The van der Waals surface area contributed by atoms with Crippen LogP contribution in [0.3, 0.4) is 0 Å². The van der Waals surface area contributed by atoms with Crippen LogP contribution < -0.4 is 10.2 Å². The van der Waals surface area contributed by atoms with E-state index in [-0.39, 0.29) is 16.8 Å². The van der Waals surface area contributed by atoms with Crippen molar-refractivity contribution in [2.24, 2.45) is 0 Å². The second-order valence-electron chi connectivity index (χ2n) is 5.24. The van der Waals surface area contributed by atoms with E-state index in [1.807, 2.05) is 17.9 Å². The molecule has 0 radical (unpaired) electrons. The summed E-state index contributed by atoms with van der Waals surface area (Å²) in [5.74, 6) is 0.474. The van der Waals surface area contributed by atoms with E-state index in [9.17, 15) is 15.3 Å². The number of anilines is 1. The fourth-order valence-electron chi connectivity index (χ4n) is 2.81. The molecule has 1 aliphatic rings. The van der Waals surface area contributed by atoms with Crippen LogP contribution in [0.1, 0.15) is 36.5 Å². The summed E-state index contributed by atoms with van der Waals surface area (Å²) in [6.07, 6.45) is 0.724. The van der Waals surface area contributed by atoms with Crippen LogP contribution in [0.5, 0.6) is 0 Å². The van der Waals surface area contributed by atoms with Gasteiger partial charge in [0.15, 0.2) is 0 Å². The van der Waals surface area contributed by atoms with E-state index in [0.29, 0.717) is 49.3 Å². The van der Waals surface area contributed by atoms with Gasteiger partial charge in [-0.15, -0.1) is 0 Å². The van der Waals surface area contributed by atoms with E-state index in [4.69, 9.17) is 16.7 Å². The Bertz CT molecular complexity index is 699. The van der Waals surface area contributed by atoms with E-state index in [0.717, 1.165) is 0 Å². The number of nitriles is 2. The molecule has 23 heavy (non-hydrogen) atoms. The van der Waals surface area contributed by atoms with Gasteiger partial charge in [0, 0.05) is 19.1 Å². The number of hydrogen-bond acceptors (Lipinski definition) is 5. The molecule has 1 aliphatic heterocycles. The summed E-state index contributed by atoms with van der Waals surface area (Å²) in [5.41, 5.74) is 1.23. The lowest BCUT2D eigenvalue weighted by molar-refractivity contribution is 0.187. The Labute approximate surface area is 139 Å². The zero-order valence-electron chi connectivity index (χ0n) is 12.6. The predicted octanol–water partition coefficient (Wildman–Crippen LogP) is 2.28. The van der Waals surface area contributed by atoms with Gasteiger partial charge in [-0.25, -0.2) is 9.78 Å². The maximum atomic E-state index is 10.7. The van der Waals surface area contributed by atoms with Gasteiger partial charge in [0.1, 0.15) is 23.1 Å². The summed E-state index contributed by atoms with van der Waals surface area (Å²) in [6, 6.07) is 4.04. The molecule has 0 aliphatic carbocycles. The lowest BCUT2D eigenvalue weighted by atomic mass is 10.00. The van der Waals surface area contributed by atoms with Crippen LogP contribution in [-0.4, -0.2) is 35.3 Å². The highest BCUT2D eigenvalue weighted by Crippen LogP contribution is 2.30. The highest BCUT2D eigenvalue weighted by Gasteiger charge is 2.26. The molecule has 1 amide bonds. The van der Waals surface area contributed by atoms with Crippen LogP contribution in [0.15, 0.2) is 0 Å². The SMILES string of the molecule is CCc1c(C#N)c(Cl)nc(N2CCC(NC(=O)O)CC2)c1C#N. The van der Waals surface area contributed by atoms with Crippen molar-refractivity contribution in [1.82, 2.24) is 10.3 Å². The summed E-state index contributed by atoms with van der Waals surface area (Å²) in [4.78, 5) is 16.9. The Hall–Kier alpha value is -2.51. The topological polar surface area (TPSA) is 113 Å². The third kappa shape index (κ3) is 3.46. The van der Waals surface area contributed by atoms with E-state index in [2.05, 4.69) is 16.4 Å². The standard InChI is InChI=1S/C15H16ClN5O2/c1-2-10-11(7-17)13(16)20-14(12(10)8-18)21-5-3-9(4-6-21)19-15(22)23/h9,19H,2-6H2,1H3,(H,22,23). The third-order valence-corrected chi connectivity index (χ3v) is 4.21. The molecule has 1 saturated heterocycles. The minimum absolute atomic E-state index is 0.101. The quantitative estimate of drug-likeness (QED) is 0.820. The molecular weight excluding hydrogens is 318 g/mol. The molecule has 2 N–H and O–H groups in total. The molecule has 1 fully saturated rings. The zero-order valence-corrected chi connectivity index (χ0v) is 13.4. The summed E-state index contributed by atoms with van der Waals surface area (Å²) in [6.45, 7) is 3.00. The normalized spacial score (nSPS) is 14.9. The molecule has 0 saturated carbocycles. The minimum atomic E-state index is -1.03. The van der Waals surface area contributed by atoms with Gasteiger partial charge in [0.25, 0.3) is 0 Å². The van der Waals surface area contributed by atoms with Crippen molar-refractivity contribution in [2.45, 2.75) is 32.2 Å². The van der Waals surface area contributed by atoms with Crippen molar-refractivity contribution >= 4 is 23.5 Å². The first-order valence-corrected chi connectivity index (χ1v) is 7.66. The fraction of sp³-hybridized carbons (Fsp3) is 0.467. The molecule has 2 rings (SSSR count). The second kappa shape index (κ2) is 7.17. The lowest BCUT2D eigenvalue weighted by Crippen LogP contribution is -2.44. The number of pyridine rings is 1. The van der Waals surface area contributed by atoms with E-state index in [1.165, 1.54) is 0 Å². The highest BCUT2D eigenvalue weighted by atomic mass is 35.5. The second-order valence-corrected chi connectivity index (χ2v) is 5.60. The molecule has 0 aromatic carbocycles. The van der Waals surface area contributed by atoms with Gasteiger partial charge >= 0.3 is 6.09 Å². The number of nitrogens with zero attached hydrogens (tertiary/aromatic N) is 4. The molecule has 0 spiro atoms. The van der Waals surface area contributed by atoms with Gasteiger partial charge in [0.05, 0.1) is 11.1 Å². The third-order valence-electron chi connectivity index (χ3n) is 3.94. The molecule has 7 nitrogen and oxygen atoms in total. The van der Waals surface area contributed by atoms with Crippen LogP contribution >= 0.6 is 11.6 Å². The van der Waals surface area contributed by atoms with E-state index < -0.39 is 6.09 Å². The van der Waals surface area contributed by atoms with E-state index in [1.54, 1.807) is 0 Å². The first-order chi connectivity index (χ1) is 11.0. The van der Waals surface area contributed by atoms with Crippen molar-refractivity contribution in [3.8, 4) is 12.1 Å². The van der Waals surface area contributed by atoms with E-state index >= 15 is 0 Å². The zero-order chi connectivity index (χ0) is 17.0. The summed E-state index contributed by atoms with van der Waals surface area (Å²) in [7, 11) is 0. The molecular formula is C15H16ClN5O2. The summed E-state index contributed by atoms with van der Waals surface area (Å²) < 4.78 is 0. The number of piperidine rings is 1. The molecule has 120 valence electrons. The number of aromatic nitrogens is 1. The Morgan fingerprint density at radius 1 is 1.39 bits per heavy atom. The molecule has 1 aromatic heterocycles. The Morgan fingerprint density at radius 3 is 2.48 bits per heavy atom. The number of amides is 1. The van der Waals surface area contributed by atoms with Gasteiger partial charge in [-0.2, -0.15) is 10.5 Å². The smallest absolute Gasteiger partial charge is 0.404 e. The Balaban J connectivity index is 2.31. The number of carboxylic acid groups (broad SMARTS) is 1. The molecule has 0 bridgehead atoms. The van der Waals surface area contributed by atoms with Gasteiger partial charge < -0.3 is 15.3 Å². The Kier molecular flexibility index (Phi) is 5.25. The summed E-state index contributed by atoms with van der Waals surface area (Å²) >= 11 is 6.10. The molecule has 0 unspecified atom stereocenters. The molecule has 1 aromatic rings. The maximum absolute atomic E-state index is 10.7. The summed E-state index contributed by atoms with van der Waals surface area (Å²) in [5, 5.41) is 30.0. The fourth-order valence-corrected chi connectivity index (χ4v) is 3.05. The maximum Gasteiger partial charge on any atom is 0.404 e. The molecule has 0 atom stereocenters. The average molecular weight is 334 g/mol. The number of hydrogen-bond donors (Lipinski definition) is 2. The van der Waals surface area contributed by atoms with Crippen LogP contribution in [0, 0.1) is 22.7 Å². The van der Waals surface area contributed by atoms with Gasteiger partial charge in [-0.05, 0) is 24.8 Å². The number of nitrogens with one attached hydrogen (secondary N) is 1. The van der Waals surface area contributed by atoms with Crippen LogP contribution in [-0.2, 0) is 6.42 Å². The average Bonchev–Trinajstić information content (AvgIpc) is 2.53. The van der Waals surface area contributed by atoms with Crippen molar-refractivity contribution in [1.29, 1.82) is 10.5 Å². The van der Waals surface area contributed by atoms with Crippen molar-refractivity contribution in [2.75, 3.05) is 18.0 Å². The highest BCUT2D eigenvalue weighted by molar-refractivity contribution is 6.30. The first kappa shape index (κ1) is 16.9. The predicted molar refractivity (Wildman–Crippen MR) is 84.5 cm³/mol. The monoisotopic (exact) mass is 333 g/mol. The van der Waals surface area contributed by atoms with Crippen LogP contribution in [0.2, 0.25) is 5.15 Å². The number of carbonyl (C=O) groups is 1. The Morgan fingerprint density at radius 2 is 2.00 bits per heavy atom. The lowest BCUT2D eigenvalue weighted by Gasteiger charge is -2.33. The first-order valence-electron chi connectivity index (χ1n) is 7.28. The number of halogens is 1. The van der Waals surface area contributed by atoms with Gasteiger partial charge in [0.2, 0.25) is 0 Å². The van der Waals surface area contributed by atoms with Crippen molar-refractivity contribution in [3.63, 3.8) is 0 Å². The van der Waals surface area contributed by atoms with Crippen LogP contribution in [0.4, 0.5) is 10.6 Å². The van der Waals surface area contributed by atoms with Gasteiger partial charge in [-0.3, -0.25) is 0 Å². The number of rotatable bonds is 3. The largest absolute Gasteiger partial charge is 0.465 e. The van der Waals surface area contributed by atoms with Crippen molar-refractivity contribution < 1.29 is 9.90 Å². The van der Waals surface area contributed by atoms with Gasteiger partial charge in [-0.1, -0.05) is 18.5 Å². The minimum Gasteiger partial charge on any atom is -0.465 e. The molecule has 2 heterocycles.